The first kappa shape index (κ1) is 13.4. The third-order valence-electron chi connectivity index (χ3n) is 4.51. The summed E-state index contributed by atoms with van der Waals surface area (Å²) in [5, 5.41) is 0. The number of urea groups is 1. The van der Waals surface area contributed by atoms with Gasteiger partial charge in [0, 0.05) is 31.6 Å². The van der Waals surface area contributed by atoms with E-state index in [2.05, 4.69) is 31.2 Å². The van der Waals surface area contributed by atoms with E-state index in [0.29, 0.717) is 19.1 Å². The van der Waals surface area contributed by atoms with Crippen LogP contribution in [0.15, 0.2) is 30.3 Å². The fraction of sp³-hybridized carbons (Fsp3) is 0.562. The minimum atomic E-state index is 0.180. The molecule has 20 heavy (non-hydrogen) atoms. The quantitative estimate of drug-likeness (QED) is 0.787. The molecule has 2 heterocycles. The van der Waals surface area contributed by atoms with Crippen molar-refractivity contribution >= 4 is 6.03 Å². The molecule has 2 amide bonds. The van der Waals surface area contributed by atoms with Gasteiger partial charge in [-0.1, -0.05) is 30.3 Å². The molecule has 2 saturated heterocycles. The van der Waals surface area contributed by atoms with Crippen molar-refractivity contribution in [2.24, 2.45) is 0 Å². The number of nitrogens with zero attached hydrogens (tertiary/aromatic N) is 2. The molecule has 4 nitrogen and oxygen atoms in total. The highest BCUT2D eigenvalue weighted by atomic mass is 16.5. The lowest BCUT2D eigenvalue weighted by Gasteiger charge is -2.33. The van der Waals surface area contributed by atoms with Crippen LogP contribution >= 0.6 is 0 Å². The van der Waals surface area contributed by atoms with Crippen molar-refractivity contribution in [2.45, 2.75) is 25.3 Å². The number of morpholine rings is 1. The zero-order chi connectivity index (χ0) is 13.9. The number of carbonyl (C=O) groups excluding carboxylic acids is 1. The Morgan fingerprint density at radius 1 is 1.15 bits per heavy atom. The molecule has 2 aliphatic rings. The first-order valence-corrected chi connectivity index (χ1v) is 7.45. The first-order chi connectivity index (χ1) is 9.77. The van der Waals surface area contributed by atoms with Crippen molar-refractivity contribution in [3.8, 4) is 0 Å². The van der Waals surface area contributed by atoms with E-state index in [0.717, 1.165) is 26.1 Å². The van der Waals surface area contributed by atoms with Crippen LogP contribution in [0.1, 0.15) is 24.8 Å². The predicted molar refractivity (Wildman–Crippen MR) is 77.8 cm³/mol. The fourth-order valence-electron chi connectivity index (χ4n) is 3.29. The van der Waals surface area contributed by atoms with Crippen molar-refractivity contribution in [1.82, 2.24) is 9.80 Å². The van der Waals surface area contributed by atoms with Crippen LogP contribution in [0, 0.1) is 0 Å². The third-order valence-corrected chi connectivity index (χ3v) is 4.51. The fourth-order valence-corrected chi connectivity index (χ4v) is 3.29. The molecule has 3 rings (SSSR count). The summed E-state index contributed by atoms with van der Waals surface area (Å²) in [5.74, 6) is 0.459. The third kappa shape index (κ3) is 2.52. The van der Waals surface area contributed by atoms with Crippen molar-refractivity contribution < 1.29 is 9.53 Å². The van der Waals surface area contributed by atoms with E-state index in [-0.39, 0.29) is 12.1 Å². The van der Waals surface area contributed by atoms with Gasteiger partial charge < -0.3 is 14.5 Å². The van der Waals surface area contributed by atoms with Crippen LogP contribution in [0.25, 0.3) is 0 Å². The Kier molecular flexibility index (Phi) is 3.92. The topological polar surface area (TPSA) is 32.8 Å². The molecule has 0 N–H and O–H groups in total. The number of rotatable bonds is 1. The molecule has 0 aliphatic carbocycles. The molecule has 0 bridgehead atoms. The van der Waals surface area contributed by atoms with Gasteiger partial charge >= 0.3 is 6.03 Å². The van der Waals surface area contributed by atoms with Gasteiger partial charge in [-0.05, 0) is 18.9 Å². The number of hydrogen-bond acceptors (Lipinski definition) is 2. The average molecular weight is 274 g/mol. The number of hydrogen-bond donors (Lipinski definition) is 0. The maximum Gasteiger partial charge on any atom is 0.320 e. The van der Waals surface area contributed by atoms with Gasteiger partial charge in [0.05, 0.1) is 13.2 Å². The summed E-state index contributed by atoms with van der Waals surface area (Å²) in [6.07, 6.45) is 1.06. The highest BCUT2D eigenvalue weighted by Gasteiger charge is 2.36. The van der Waals surface area contributed by atoms with Gasteiger partial charge in [-0.2, -0.15) is 0 Å². The van der Waals surface area contributed by atoms with E-state index >= 15 is 0 Å². The van der Waals surface area contributed by atoms with E-state index in [1.54, 1.807) is 0 Å². The van der Waals surface area contributed by atoms with Crippen molar-refractivity contribution in [1.29, 1.82) is 0 Å². The number of benzene rings is 1. The average Bonchev–Trinajstić information content (AvgIpc) is 2.90. The highest BCUT2D eigenvalue weighted by Crippen LogP contribution is 2.33. The summed E-state index contributed by atoms with van der Waals surface area (Å²) in [6.45, 7) is 5.79. The van der Waals surface area contributed by atoms with Crippen LogP contribution < -0.4 is 0 Å². The molecule has 1 aromatic rings. The molecule has 2 atom stereocenters. The minimum absolute atomic E-state index is 0.180. The van der Waals surface area contributed by atoms with Crippen LogP contribution in [0.3, 0.4) is 0 Å². The van der Waals surface area contributed by atoms with Gasteiger partial charge in [0.1, 0.15) is 0 Å². The number of likely N-dealkylation sites (tertiary alicyclic amines) is 1. The van der Waals surface area contributed by atoms with Crippen molar-refractivity contribution in [2.75, 3.05) is 32.8 Å². The maximum absolute atomic E-state index is 12.6. The molecule has 4 heteroatoms. The van der Waals surface area contributed by atoms with Gasteiger partial charge in [-0.15, -0.1) is 0 Å². The van der Waals surface area contributed by atoms with Crippen LogP contribution in [-0.4, -0.2) is 54.7 Å². The second-order valence-electron chi connectivity index (χ2n) is 5.62. The Labute approximate surface area is 120 Å². The largest absolute Gasteiger partial charge is 0.378 e. The van der Waals surface area contributed by atoms with Crippen LogP contribution in [0.2, 0.25) is 0 Å². The second-order valence-corrected chi connectivity index (χ2v) is 5.62. The summed E-state index contributed by atoms with van der Waals surface area (Å²) in [6, 6.07) is 11.0. The molecule has 0 radical (unpaired) electrons. The van der Waals surface area contributed by atoms with Crippen LogP contribution in [0.5, 0.6) is 0 Å². The molecule has 2 aliphatic heterocycles. The molecule has 0 saturated carbocycles. The van der Waals surface area contributed by atoms with Gasteiger partial charge in [-0.3, -0.25) is 0 Å². The van der Waals surface area contributed by atoms with Gasteiger partial charge in [0.25, 0.3) is 0 Å². The molecule has 0 spiro atoms. The minimum Gasteiger partial charge on any atom is -0.378 e. The Balaban J connectivity index is 1.69. The molecule has 1 aromatic carbocycles. The molecule has 0 aromatic heterocycles. The zero-order valence-corrected chi connectivity index (χ0v) is 12.0. The van der Waals surface area contributed by atoms with E-state index in [9.17, 15) is 4.79 Å². The highest BCUT2D eigenvalue weighted by molar-refractivity contribution is 5.75. The summed E-state index contributed by atoms with van der Waals surface area (Å²) in [5.41, 5.74) is 1.34. The molecule has 108 valence electrons. The van der Waals surface area contributed by atoms with E-state index in [4.69, 9.17) is 4.74 Å². The summed E-state index contributed by atoms with van der Waals surface area (Å²) in [7, 11) is 0. The molecular formula is C16H22N2O2. The Bertz CT molecular complexity index is 457. The lowest BCUT2D eigenvalue weighted by atomic mass is 9.93. The van der Waals surface area contributed by atoms with Crippen molar-refractivity contribution in [3.05, 3.63) is 35.9 Å². The zero-order valence-electron chi connectivity index (χ0n) is 12.0. The lowest BCUT2D eigenvalue weighted by Crippen LogP contribution is -2.49. The van der Waals surface area contributed by atoms with Crippen LogP contribution in [-0.2, 0) is 4.74 Å². The second kappa shape index (κ2) is 5.83. The lowest BCUT2D eigenvalue weighted by molar-refractivity contribution is 0.0425. The molecular weight excluding hydrogens is 252 g/mol. The van der Waals surface area contributed by atoms with Gasteiger partial charge in [0.2, 0.25) is 0 Å². The summed E-state index contributed by atoms with van der Waals surface area (Å²) < 4.78 is 5.32. The Morgan fingerprint density at radius 3 is 2.55 bits per heavy atom. The van der Waals surface area contributed by atoms with E-state index in [1.807, 2.05) is 15.9 Å². The predicted octanol–water partition coefficient (Wildman–Crippen LogP) is 2.32. The standard InChI is InChI=1S/C16H22N2O2/c1-13-15(14-5-3-2-4-6-14)7-8-18(13)16(19)17-9-11-20-12-10-17/h2-6,13,15H,7-12H2,1H3. The van der Waals surface area contributed by atoms with E-state index in [1.165, 1.54) is 5.56 Å². The first-order valence-electron chi connectivity index (χ1n) is 7.45. The Hall–Kier alpha value is -1.55. The number of amides is 2. The molecule has 2 unspecified atom stereocenters. The number of carbonyl (C=O) groups is 1. The van der Waals surface area contributed by atoms with E-state index < -0.39 is 0 Å². The van der Waals surface area contributed by atoms with Gasteiger partial charge in [0.15, 0.2) is 0 Å². The SMILES string of the molecule is CC1C(c2ccccc2)CCN1C(=O)N1CCOCC1. The number of ether oxygens (including phenoxy) is 1. The monoisotopic (exact) mass is 274 g/mol. The van der Waals surface area contributed by atoms with Crippen LogP contribution in [0.4, 0.5) is 4.79 Å². The maximum atomic E-state index is 12.6. The summed E-state index contributed by atoms with van der Waals surface area (Å²) in [4.78, 5) is 16.5. The van der Waals surface area contributed by atoms with Gasteiger partial charge in [-0.25, -0.2) is 4.79 Å². The Morgan fingerprint density at radius 2 is 1.85 bits per heavy atom. The summed E-state index contributed by atoms with van der Waals surface area (Å²) >= 11 is 0. The smallest absolute Gasteiger partial charge is 0.320 e. The molecule has 2 fully saturated rings. The normalized spacial score (nSPS) is 26.9. The van der Waals surface area contributed by atoms with Crippen molar-refractivity contribution in [3.63, 3.8) is 0 Å².